The van der Waals surface area contributed by atoms with E-state index in [2.05, 4.69) is 0 Å². The summed E-state index contributed by atoms with van der Waals surface area (Å²) in [5, 5.41) is 0. The third kappa shape index (κ3) is 4.71. The van der Waals surface area contributed by atoms with E-state index in [1.165, 1.54) is 16.7 Å². The van der Waals surface area contributed by atoms with Crippen molar-refractivity contribution >= 4 is 50.1 Å². The molecule has 2 heterocycles. The Labute approximate surface area is 179 Å². The van der Waals surface area contributed by atoms with Crippen molar-refractivity contribution in [1.82, 2.24) is 4.90 Å². The number of nitrogens with zero attached hydrogens (tertiary/aromatic N) is 1. The third-order valence-electron chi connectivity index (χ3n) is 4.82. The maximum Gasteiger partial charge on any atom is 0.266 e. The molecule has 2 aromatic carbocycles. The van der Waals surface area contributed by atoms with Crippen molar-refractivity contribution in [2.24, 2.45) is 0 Å². The van der Waals surface area contributed by atoms with Gasteiger partial charge in [-0.05, 0) is 35.8 Å². The normalized spacial score (nSPS) is 22.4. The number of carbonyl (C=O) groups excluding carboxylic acids is 1. The number of hydrogen-bond donors (Lipinski definition) is 0. The average molecular weight is 446 g/mol. The van der Waals surface area contributed by atoms with Crippen LogP contribution >= 0.6 is 24.0 Å². The number of thiocarbonyl (C=S) groups is 1. The van der Waals surface area contributed by atoms with Crippen LogP contribution in [0.25, 0.3) is 6.08 Å². The smallest absolute Gasteiger partial charge is 0.266 e. The lowest BCUT2D eigenvalue weighted by atomic mass is 10.2. The highest BCUT2D eigenvalue weighted by Crippen LogP contribution is 2.36. The van der Waals surface area contributed by atoms with Crippen molar-refractivity contribution in [2.75, 3.05) is 11.5 Å². The highest BCUT2D eigenvalue weighted by molar-refractivity contribution is 8.26. The fraction of sp³-hybridized carbons (Fsp3) is 0.238. The SMILES string of the molecule is O=C1/C(=C/c2ccc(OCc3ccccc3)cc2)SC(=S)N1[C@H]1CCS(=O)(=O)C1. The predicted octanol–water partition coefficient (Wildman–Crippen LogP) is 3.65. The summed E-state index contributed by atoms with van der Waals surface area (Å²) in [6.45, 7) is 0.489. The number of amides is 1. The van der Waals surface area contributed by atoms with Crippen LogP contribution in [0.3, 0.4) is 0 Å². The number of benzene rings is 2. The molecule has 8 heteroatoms. The summed E-state index contributed by atoms with van der Waals surface area (Å²) in [7, 11) is -3.08. The summed E-state index contributed by atoms with van der Waals surface area (Å²) in [5.74, 6) is 0.625. The van der Waals surface area contributed by atoms with Gasteiger partial charge in [-0.15, -0.1) is 0 Å². The molecule has 29 heavy (non-hydrogen) atoms. The monoisotopic (exact) mass is 445 g/mol. The van der Waals surface area contributed by atoms with Crippen molar-refractivity contribution in [1.29, 1.82) is 0 Å². The lowest BCUT2D eigenvalue weighted by molar-refractivity contribution is -0.123. The van der Waals surface area contributed by atoms with Gasteiger partial charge in [-0.3, -0.25) is 9.69 Å². The van der Waals surface area contributed by atoms with Gasteiger partial charge < -0.3 is 4.74 Å². The highest BCUT2D eigenvalue weighted by atomic mass is 32.2. The number of hydrogen-bond acceptors (Lipinski definition) is 6. The van der Waals surface area contributed by atoms with Crippen LogP contribution in [0, 0.1) is 0 Å². The van der Waals surface area contributed by atoms with Crippen molar-refractivity contribution in [3.05, 3.63) is 70.6 Å². The van der Waals surface area contributed by atoms with Crippen LogP contribution in [0.15, 0.2) is 59.5 Å². The first-order chi connectivity index (χ1) is 13.9. The molecule has 0 radical (unpaired) electrons. The molecule has 0 saturated carbocycles. The Morgan fingerprint density at radius 1 is 1.14 bits per heavy atom. The zero-order chi connectivity index (χ0) is 20.4. The van der Waals surface area contributed by atoms with Gasteiger partial charge in [0, 0.05) is 0 Å². The second-order valence-electron chi connectivity index (χ2n) is 6.95. The Hall–Kier alpha value is -2.16. The first-order valence-electron chi connectivity index (χ1n) is 9.15. The van der Waals surface area contributed by atoms with E-state index in [0.717, 1.165) is 16.9 Å². The van der Waals surface area contributed by atoms with Crippen molar-refractivity contribution < 1.29 is 17.9 Å². The number of rotatable bonds is 5. The van der Waals surface area contributed by atoms with Gasteiger partial charge >= 0.3 is 0 Å². The van der Waals surface area contributed by atoms with Crippen LogP contribution in [0.4, 0.5) is 0 Å². The summed E-state index contributed by atoms with van der Waals surface area (Å²) in [6, 6.07) is 17.0. The molecule has 0 bridgehead atoms. The zero-order valence-electron chi connectivity index (χ0n) is 15.5. The second kappa shape index (κ2) is 8.30. The zero-order valence-corrected chi connectivity index (χ0v) is 17.9. The van der Waals surface area contributed by atoms with E-state index in [1.807, 2.05) is 54.6 Å². The molecular formula is C21H19NO4S3. The Kier molecular flexibility index (Phi) is 5.76. The predicted molar refractivity (Wildman–Crippen MR) is 119 cm³/mol. The molecule has 150 valence electrons. The molecule has 2 fully saturated rings. The fourth-order valence-electron chi connectivity index (χ4n) is 3.33. The molecule has 1 atom stereocenters. The lowest BCUT2D eigenvalue weighted by Crippen LogP contribution is -2.39. The van der Waals surface area contributed by atoms with Crippen LogP contribution in [-0.4, -0.2) is 41.1 Å². The fourth-order valence-corrected chi connectivity index (χ4v) is 6.43. The topological polar surface area (TPSA) is 63.7 Å². The van der Waals surface area contributed by atoms with Gasteiger partial charge in [-0.2, -0.15) is 0 Å². The Morgan fingerprint density at radius 3 is 2.52 bits per heavy atom. The standard InChI is InChI=1S/C21H19NO4S3/c23-20-19(28-21(27)22(20)17-10-11-29(24,25)14-17)12-15-6-8-18(9-7-15)26-13-16-4-2-1-3-5-16/h1-9,12,17H,10-11,13-14H2/b19-12-/t17-/m0/s1. The lowest BCUT2D eigenvalue weighted by Gasteiger charge is -2.20. The van der Waals surface area contributed by atoms with Crippen LogP contribution in [-0.2, 0) is 21.2 Å². The number of sulfone groups is 1. The molecule has 5 nitrogen and oxygen atoms in total. The van der Waals surface area contributed by atoms with Gasteiger partial charge in [0.2, 0.25) is 0 Å². The molecule has 2 aliphatic heterocycles. The first kappa shape index (κ1) is 20.1. The van der Waals surface area contributed by atoms with E-state index in [-0.39, 0.29) is 23.5 Å². The molecule has 0 aromatic heterocycles. The van der Waals surface area contributed by atoms with Gasteiger partial charge in [0.1, 0.15) is 16.7 Å². The van der Waals surface area contributed by atoms with Gasteiger partial charge in [0.05, 0.1) is 22.5 Å². The maximum atomic E-state index is 12.8. The molecule has 2 aliphatic rings. The van der Waals surface area contributed by atoms with Gasteiger partial charge in [0.15, 0.2) is 9.84 Å². The summed E-state index contributed by atoms with van der Waals surface area (Å²) in [6.07, 6.45) is 2.22. The average Bonchev–Trinajstić information content (AvgIpc) is 3.20. The molecule has 0 spiro atoms. The molecule has 4 rings (SSSR count). The van der Waals surface area contributed by atoms with Crippen molar-refractivity contribution in [3.8, 4) is 5.75 Å². The van der Waals surface area contributed by atoms with E-state index in [1.54, 1.807) is 6.08 Å². The number of thioether (sulfide) groups is 1. The minimum absolute atomic E-state index is 0.0137. The summed E-state index contributed by atoms with van der Waals surface area (Å²) < 4.78 is 29.7. The molecule has 2 aromatic rings. The summed E-state index contributed by atoms with van der Waals surface area (Å²) >= 11 is 6.55. The minimum atomic E-state index is -3.08. The van der Waals surface area contributed by atoms with Gasteiger partial charge in [0.25, 0.3) is 5.91 Å². The molecule has 0 aliphatic carbocycles. The van der Waals surface area contributed by atoms with Crippen LogP contribution in [0.1, 0.15) is 17.5 Å². The quantitative estimate of drug-likeness (QED) is 0.517. The Balaban J connectivity index is 1.42. The van der Waals surface area contributed by atoms with Gasteiger partial charge in [-0.25, -0.2) is 8.42 Å². The second-order valence-corrected chi connectivity index (χ2v) is 10.9. The third-order valence-corrected chi connectivity index (χ3v) is 7.90. The number of carbonyl (C=O) groups is 1. The summed E-state index contributed by atoms with van der Waals surface area (Å²) in [4.78, 5) is 14.8. The van der Waals surface area contributed by atoms with E-state index in [9.17, 15) is 13.2 Å². The van der Waals surface area contributed by atoms with Crippen LogP contribution in [0.5, 0.6) is 5.75 Å². The van der Waals surface area contributed by atoms with Gasteiger partial charge in [-0.1, -0.05) is 66.4 Å². The van der Waals surface area contributed by atoms with Crippen molar-refractivity contribution in [2.45, 2.75) is 19.1 Å². The van der Waals surface area contributed by atoms with E-state index < -0.39 is 9.84 Å². The maximum absolute atomic E-state index is 12.8. The van der Waals surface area contributed by atoms with Crippen molar-refractivity contribution in [3.63, 3.8) is 0 Å². The Bertz CT molecular complexity index is 1060. The minimum Gasteiger partial charge on any atom is -0.489 e. The summed E-state index contributed by atoms with van der Waals surface area (Å²) in [5.41, 5.74) is 1.95. The van der Waals surface area contributed by atoms with Crippen LogP contribution < -0.4 is 4.74 Å². The molecule has 2 saturated heterocycles. The van der Waals surface area contributed by atoms with Crippen LogP contribution in [0.2, 0.25) is 0 Å². The highest BCUT2D eigenvalue weighted by Gasteiger charge is 2.42. The van der Waals surface area contributed by atoms with E-state index in [0.29, 0.717) is 22.3 Å². The molecule has 0 N–H and O–H groups in total. The molecule has 0 unspecified atom stereocenters. The molecular weight excluding hydrogens is 426 g/mol. The molecule has 1 amide bonds. The van der Waals surface area contributed by atoms with E-state index in [4.69, 9.17) is 17.0 Å². The Morgan fingerprint density at radius 2 is 1.86 bits per heavy atom. The number of ether oxygens (including phenoxy) is 1. The van der Waals surface area contributed by atoms with E-state index >= 15 is 0 Å². The first-order valence-corrected chi connectivity index (χ1v) is 12.2. The largest absolute Gasteiger partial charge is 0.489 e.